The summed E-state index contributed by atoms with van der Waals surface area (Å²) in [6, 6.07) is 0. The van der Waals surface area contributed by atoms with Crippen molar-refractivity contribution in [2.45, 2.75) is 31.5 Å². The molecular weight excluding hydrogens is 210 g/mol. The zero-order chi connectivity index (χ0) is 11.3. The first-order chi connectivity index (χ1) is 7.13. The Kier molecular flexibility index (Phi) is 4.93. The molecule has 0 atom stereocenters. The van der Waals surface area contributed by atoms with E-state index in [-0.39, 0.29) is 5.92 Å². The van der Waals surface area contributed by atoms with E-state index in [1.807, 2.05) is 13.8 Å². The molecule has 15 heavy (non-hydrogen) atoms. The third-order valence-electron chi connectivity index (χ3n) is 1.64. The van der Waals surface area contributed by atoms with Gasteiger partial charge in [-0.3, -0.25) is 0 Å². The van der Waals surface area contributed by atoms with Crippen LogP contribution in [-0.4, -0.2) is 28.0 Å². The minimum atomic E-state index is 0.282. The number of nitrogens with one attached hydrogen (secondary N) is 1. The van der Waals surface area contributed by atoms with Gasteiger partial charge in [0.25, 0.3) is 0 Å². The highest BCUT2D eigenvalue weighted by atomic mass is 32.1. The van der Waals surface area contributed by atoms with Gasteiger partial charge in [-0.15, -0.1) is 12.6 Å². The first-order valence-corrected chi connectivity index (χ1v) is 5.42. The summed E-state index contributed by atoms with van der Waals surface area (Å²) in [5.41, 5.74) is 5.40. The normalized spacial score (nSPS) is 13.4. The van der Waals surface area contributed by atoms with Crippen molar-refractivity contribution in [3.05, 3.63) is 11.6 Å². The fourth-order valence-corrected chi connectivity index (χ4v) is 0.992. The molecule has 2 heterocycles. The van der Waals surface area contributed by atoms with Gasteiger partial charge in [-0.25, -0.2) is 15.0 Å². The molecule has 0 aromatic carbocycles. The molecule has 0 aliphatic carbocycles. The number of thiol groups is 1. The molecule has 84 valence electrons. The number of hydrogen-bond acceptors (Lipinski definition) is 6. The summed E-state index contributed by atoms with van der Waals surface area (Å²) < 4.78 is 0. The molecule has 1 aromatic rings. The smallest absolute Gasteiger partial charge is 0.187 e. The van der Waals surface area contributed by atoms with Crippen molar-refractivity contribution >= 4 is 12.6 Å². The van der Waals surface area contributed by atoms with Crippen LogP contribution in [0.15, 0.2) is 5.16 Å². The highest BCUT2D eigenvalue weighted by molar-refractivity contribution is 7.80. The lowest BCUT2D eigenvalue weighted by molar-refractivity contribution is 0.690. The first kappa shape index (κ1) is 12.4. The van der Waals surface area contributed by atoms with Gasteiger partial charge >= 0.3 is 0 Å². The van der Waals surface area contributed by atoms with Crippen LogP contribution in [0.3, 0.4) is 0 Å². The summed E-state index contributed by atoms with van der Waals surface area (Å²) in [5.74, 6) is 1.62. The zero-order valence-electron chi connectivity index (χ0n) is 9.06. The lowest BCUT2D eigenvalue weighted by Crippen LogP contribution is -2.09. The molecule has 0 radical (unpaired) electrons. The number of nitrogens with two attached hydrogens (primary N) is 1. The van der Waals surface area contributed by atoms with E-state index in [4.69, 9.17) is 5.73 Å². The quantitative estimate of drug-likeness (QED) is 0.501. The van der Waals surface area contributed by atoms with Crippen LogP contribution in [-0.2, 0) is 6.54 Å². The Morgan fingerprint density at radius 3 is 2.33 bits per heavy atom. The fourth-order valence-electron chi connectivity index (χ4n) is 0.775. The van der Waals surface area contributed by atoms with E-state index < -0.39 is 0 Å². The summed E-state index contributed by atoms with van der Waals surface area (Å²) in [6.07, 6.45) is 0. The van der Waals surface area contributed by atoms with Crippen molar-refractivity contribution in [2.75, 3.05) is 13.1 Å². The Bertz CT molecular complexity index is 311. The Morgan fingerprint density at radius 2 is 1.93 bits per heavy atom. The molecule has 3 N–H and O–H groups in total. The summed E-state index contributed by atoms with van der Waals surface area (Å²) in [4.78, 5) is 12.2. The van der Waals surface area contributed by atoms with Crippen LogP contribution in [0.4, 0.5) is 0 Å². The van der Waals surface area contributed by atoms with E-state index in [2.05, 4.69) is 32.9 Å². The minimum absolute atomic E-state index is 0.282. The zero-order valence-corrected chi connectivity index (χ0v) is 9.96. The largest absolute Gasteiger partial charge is 0.324 e. The van der Waals surface area contributed by atoms with Crippen molar-refractivity contribution in [3.63, 3.8) is 0 Å². The van der Waals surface area contributed by atoms with Crippen LogP contribution in [0.5, 0.6) is 0 Å². The summed E-state index contributed by atoms with van der Waals surface area (Å²) >= 11 is 4.05. The lowest BCUT2D eigenvalue weighted by Gasteiger charge is -2.04. The molecule has 1 saturated heterocycles. The molecule has 0 saturated carbocycles. The molecule has 1 aromatic heterocycles. The number of hydrogen-bond donors (Lipinski definition) is 3. The Morgan fingerprint density at radius 1 is 1.33 bits per heavy atom. The van der Waals surface area contributed by atoms with Crippen molar-refractivity contribution in [3.8, 4) is 0 Å². The molecule has 1 aliphatic rings. The summed E-state index contributed by atoms with van der Waals surface area (Å²) in [5, 5.41) is 3.44. The highest BCUT2D eigenvalue weighted by Crippen LogP contribution is 2.09. The van der Waals surface area contributed by atoms with Gasteiger partial charge in [0, 0.05) is 19.0 Å². The summed E-state index contributed by atoms with van der Waals surface area (Å²) in [7, 11) is 0. The number of nitrogens with zero attached hydrogens (tertiary/aromatic N) is 3. The molecule has 0 unspecified atom stereocenters. The van der Waals surface area contributed by atoms with Crippen molar-refractivity contribution in [2.24, 2.45) is 5.73 Å². The standard InChI is InChI=1S/C7H12N4S.C2H5N/c1-4(2)6-9-5(3-8)10-7(12)11-6;1-2-3-1/h4H,3,8H2,1-2H3,(H,9,10,11,12);3H,1-2H2. The van der Waals surface area contributed by atoms with E-state index in [0.717, 1.165) is 5.82 Å². The lowest BCUT2D eigenvalue weighted by atomic mass is 10.2. The minimum Gasteiger partial charge on any atom is -0.324 e. The topological polar surface area (TPSA) is 86.6 Å². The third-order valence-corrected chi connectivity index (χ3v) is 1.84. The second kappa shape index (κ2) is 5.99. The summed E-state index contributed by atoms with van der Waals surface area (Å²) in [6.45, 7) is 6.86. The number of rotatable bonds is 2. The predicted molar refractivity (Wildman–Crippen MR) is 61.9 cm³/mol. The predicted octanol–water partition coefficient (Wildman–Crippen LogP) is 0.332. The van der Waals surface area contributed by atoms with E-state index >= 15 is 0 Å². The van der Waals surface area contributed by atoms with Crippen LogP contribution in [0.1, 0.15) is 31.4 Å². The van der Waals surface area contributed by atoms with Gasteiger partial charge in [0.1, 0.15) is 11.6 Å². The Hall–Kier alpha value is -0.720. The Labute approximate surface area is 95.3 Å². The molecule has 1 aliphatic heterocycles. The van der Waals surface area contributed by atoms with Gasteiger partial charge in [-0.2, -0.15) is 0 Å². The van der Waals surface area contributed by atoms with Gasteiger partial charge in [-0.05, 0) is 0 Å². The van der Waals surface area contributed by atoms with Gasteiger partial charge in [0.2, 0.25) is 0 Å². The average Bonchev–Trinajstić information content (AvgIpc) is 3.03. The highest BCUT2D eigenvalue weighted by Gasteiger charge is 2.05. The molecule has 2 rings (SSSR count). The molecule has 5 nitrogen and oxygen atoms in total. The van der Waals surface area contributed by atoms with Gasteiger partial charge in [0.15, 0.2) is 5.16 Å². The van der Waals surface area contributed by atoms with Crippen LogP contribution in [0.2, 0.25) is 0 Å². The SMILES string of the molecule is C1CN1.CC(C)c1nc(S)nc(CN)n1. The fraction of sp³-hybridized carbons (Fsp3) is 0.667. The van der Waals surface area contributed by atoms with Crippen molar-refractivity contribution < 1.29 is 0 Å². The molecule has 1 fully saturated rings. The van der Waals surface area contributed by atoms with E-state index in [1.54, 1.807) is 0 Å². The molecule has 0 spiro atoms. The Balaban J connectivity index is 0.000000319. The van der Waals surface area contributed by atoms with E-state index in [9.17, 15) is 0 Å². The monoisotopic (exact) mass is 227 g/mol. The van der Waals surface area contributed by atoms with Crippen LogP contribution >= 0.6 is 12.6 Å². The average molecular weight is 227 g/mol. The maximum atomic E-state index is 5.40. The first-order valence-electron chi connectivity index (χ1n) is 4.98. The second-order valence-corrected chi connectivity index (χ2v) is 3.92. The molecule has 0 amide bonds. The van der Waals surface area contributed by atoms with E-state index in [0.29, 0.717) is 17.5 Å². The van der Waals surface area contributed by atoms with Crippen molar-refractivity contribution in [1.82, 2.24) is 20.3 Å². The van der Waals surface area contributed by atoms with Crippen LogP contribution in [0, 0.1) is 0 Å². The molecule has 6 heteroatoms. The van der Waals surface area contributed by atoms with Crippen LogP contribution < -0.4 is 11.1 Å². The van der Waals surface area contributed by atoms with E-state index in [1.165, 1.54) is 13.1 Å². The van der Waals surface area contributed by atoms with Crippen LogP contribution in [0.25, 0.3) is 0 Å². The van der Waals surface area contributed by atoms with Gasteiger partial charge in [0.05, 0.1) is 6.54 Å². The molecular formula is C9H17N5S. The number of aromatic nitrogens is 3. The van der Waals surface area contributed by atoms with Crippen molar-refractivity contribution in [1.29, 1.82) is 0 Å². The third kappa shape index (κ3) is 5.06. The maximum absolute atomic E-state index is 5.40. The van der Waals surface area contributed by atoms with Gasteiger partial charge < -0.3 is 11.1 Å². The second-order valence-electron chi connectivity index (χ2n) is 3.52. The van der Waals surface area contributed by atoms with Gasteiger partial charge in [-0.1, -0.05) is 13.8 Å². The maximum Gasteiger partial charge on any atom is 0.187 e. The molecule has 0 bridgehead atoms.